The number of carbonyl (C=O) groups is 1. The Morgan fingerprint density at radius 1 is 1.50 bits per heavy atom. The van der Waals surface area contributed by atoms with Crippen molar-refractivity contribution in [1.82, 2.24) is 5.32 Å². The number of alkyl halides is 1. The number of hydrogen-bond donors (Lipinski definition) is 1. The summed E-state index contributed by atoms with van der Waals surface area (Å²) in [4.78, 5) is 11.4. The smallest absolute Gasteiger partial charge is 0.220 e. The van der Waals surface area contributed by atoms with Gasteiger partial charge in [0.15, 0.2) is 0 Å². The monoisotopic (exact) mass is 219 g/mol. The van der Waals surface area contributed by atoms with Crippen LogP contribution in [0.4, 0.5) is 0 Å². The maximum Gasteiger partial charge on any atom is 0.220 e. The first-order valence-electron chi connectivity index (χ1n) is 5.24. The van der Waals surface area contributed by atoms with E-state index >= 15 is 0 Å². The zero-order valence-corrected chi connectivity index (χ0v) is 10.4. The minimum Gasteiger partial charge on any atom is -0.356 e. The van der Waals surface area contributed by atoms with Crippen LogP contribution in [-0.2, 0) is 4.79 Å². The molecule has 14 heavy (non-hydrogen) atoms. The molecule has 1 amide bonds. The molecule has 0 saturated heterocycles. The summed E-state index contributed by atoms with van der Waals surface area (Å²) in [6, 6.07) is 0. The molecule has 0 aliphatic carbocycles. The van der Waals surface area contributed by atoms with Crippen molar-refractivity contribution in [2.75, 3.05) is 12.4 Å². The van der Waals surface area contributed by atoms with Crippen molar-refractivity contribution < 1.29 is 4.79 Å². The van der Waals surface area contributed by atoms with Gasteiger partial charge in [-0.1, -0.05) is 34.1 Å². The maximum absolute atomic E-state index is 11.4. The van der Waals surface area contributed by atoms with Crippen molar-refractivity contribution in [2.24, 2.45) is 11.3 Å². The number of rotatable bonds is 6. The molecule has 0 saturated carbocycles. The Labute approximate surface area is 92.4 Å². The van der Waals surface area contributed by atoms with Gasteiger partial charge in [-0.3, -0.25) is 4.79 Å². The highest BCUT2D eigenvalue weighted by molar-refractivity contribution is 6.18. The number of amides is 1. The lowest BCUT2D eigenvalue weighted by Gasteiger charge is -2.22. The molecule has 84 valence electrons. The number of carbonyl (C=O) groups excluding carboxylic acids is 1. The molecule has 0 rings (SSSR count). The van der Waals surface area contributed by atoms with Crippen LogP contribution in [0.1, 0.15) is 40.5 Å². The van der Waals surface area contributed by atoms with E-state index in [-0.39, 0.29) is 11.3 Å². The lowest BCUT2D eigenvalue weighted by molar-refractivity contribution is -0.122. The van der Waals surface area contributed by atoms with Gasteiger partial charge in [0.1, 0.15) is 0 Å². The molecule has 0 radical (unpaired) electrons. The largest absolute Gasteiger partial charge is 0.356 e. The summed E-state index contributed by atoms with van der Waals surface area (Å²) in [5, 5.41) is 2.92. The summed E-state index contributed by atoms with van der Waals surface area (Å²) in [6.07, 6.45) is 1.67. The van der Waals surface area contributed by atoms with Gasteiger partial charge < -0.3 is 5.32 Å². The highest BCUT2D eigenvalue weighted by Crippen LogP contribution is 2.15. The highest BCUT2D eigenvalue weighted by atomic mass is 35.5. The molecule has 0 aliphatic heterocycles. The van der Waals surface area contributed by atoms with Gasteiger partial charge in [0.25, 0.3) is 0 Å². The third kappa shape index (κ3) is 6.25. The van der Waals surface area contributed by atoms with Crippen molar-refractivity contribution in [3.05, 3.63) is 0 Å². The summed E-state index contributed by atoms with van der Waals surface area (Å²) in [5.74, 6) is 1.17. The van der Waals surface area contributed by atoms with Crippen LogP contribution in [0.3, 0.4) is 0 Å². The quantitative estimate of drug-likeness (QED) is 0.684. The topological polar surface area (TPSA) is 29.1 Å². The standard InChI is InChI=1S/C11H22ClNO/c1-5-9(2)6-10(14)13-8-11(3,4)7-12/h9H,5-8H2,1-4H3,(H,13,14). The first-order chi connectivity index (χ1) is 6.41. The Morgan fingerprint density at radius 2 is 2.07 bits per heavy atom. The Balaban J connectivity index is 3.74. The normalized spacial score (nSPS) is 13.8. The molecule has 1 atom stereocenters. The van der Waals surface area contributed by atoms with E-state index < -0.39 is 0 Å². The number of nitrogens with one attached hydrogen (secondary N) is 1. The lowest BCUT2D eigenvalue weighted by atomic mass is 9.96. The molecule has 0 aromatic carbocycles. The van der Waals surface area contributed by atoms with Crippen molar-refractivity contribution in [2.45, 2.75) is 40.5 Å². The Hall–Kier alpha value is -0.240. The second-order valence-corrected chi connectivity index (χ2v) is 5.06. The number of halogens is 1. The van der Waals surface area contributed by atoms with Gasteiger partial charge in [-0.2, -0.15) is 0 Å². The Morgan fingerprint density at radius 3 is 2.50 bits per heavy atom. The van der Waals surface area contributed by atoms with Crippen molar-refractivity contribution in [1.29, 1.82) is 0 Å². The second-order valence-electron chi connectivity index (χ2n) is 4.79. The molecule has 3 heteroatoms. The minimum absolute atomic E-state index is 0.00727. The van der Waals surface area contributed by atoms with Crippen LogP contribution >= 0.6 is 11.6 Å². The van der Waals surface area contributed by atoms with E-state index in [1.807, 2.05) is 13.8 Å². The molecule has 0 aliphatic rings. The first-order valence-corrected chi connectivity index (χ1v) is 5.77. The van der Waals surface area contributed by atoms with Crippen LogP contribution in [0.2, 0.25) is 0 Å². The van der Waals surface area contributed by atoms with Gasteiger partial charge in [-0.25, -0.2) is 0 Å². The predicted octanol–water partition coefficient (Wildman–Crippen LogP) is 2.80. The fourth-order valence-electron chi connectivity index (χ4n) is 0.918. The van der Waals surface area contributed by atoms with Crippen LogP contribution in [-0.4, -0.2) is 18.3 Å². The van der Waals surface area contributed by atoms with E-state index in [0.717, 1.165) is 6.42 Å². The maximum atomic E-state index is 11.4. The summed E-state index contributed by atoms with van der Waals surface area (Å²) in [7, 11) is 0. The Kier molecular flexibility index (Phi) is 6.17. The van der Waals surface area contributed by atoms with Crippen molar-refractivity contribution in [3.63, 3.8) is 0 Å². The molecule has 1 N–H and O–H groups in total. The van der Waals surface area contributed by atoms with Gasteiger partial charge in [0.05, 0.1) is 0 Å². The van der Waals surface area contributed by atoms with E-state index in [4.69, 9.17) is 11.6 Å². The van der Waals surface area contributed by atoms with Crippen molar-refractivity contribution >= 4 is 17.5 Å². The molecule has 0 aromatic heterocycles. The van der Waals surface area contributed by atoms with E-state index in [2.05, 4.69) is 19.2 Å². The molecule has 1 unspecified atom stereocenters. The minimum atomic E-state index is -0.00727. The zero-order valence-electron chi connectivity index (χ0n) is 9.69. The molecule has 0 spiro atoms. The second kappa shape index (κ2) is 6.28. The molecular formula is C11H22ClNO. The van der Waals surface area contributed by atoms with E-state index in [1.54, 1.807) is 0 Å². The predicted molar refractivity (Wildman–Crippen MR) is 61.6 cm³/mol. The third-order valence-electron chi connectivity index (χ3n) is 2.36. The van der Waals surface area contributed by atoms with Crippen LogP contribution < -0.4 is 5.32 Å². The molecule has 2 nitrogen and oxygen atoms in total. The highest BCUT2D eigenvalue weighted by Gasteiger charge is 2.17. The fourth-order valence-corrected chi connectivity index (χ4v) is 1.01. The summed E-state index contributed by atoms with van der Waals surface area (Å²) in [6.45, 7) is 8.94. The van der Waals surface area contributed by atoms with Gasteiger partial charge in [0.2, 0.25) is 5.91 Å². The summed E-state index contributed by atoms with van der Waals surface area (Å²) in [5.41, 5.74) is -0.00727. The molecule has 0 bridgehead atoms. The van der Waals surface area contributed by atoms with Crippen LogP contribution in [0.5, 0.6) is 0 Å². The zero-order chi connectivity index (χ0) is 11.2. The number of hydrogen-bond acceptors (Lipinski definition) is 1. The average molecular weight is 220 g/mol. The van der Waals surface area contributed by atoms with E-state index in [1.165, 1.54) is 0 Å². The molecule has 0 aromatic rings. The van der Waals surface area contributed by atoms with Gasteiger partial charge in [0, 0.05) is 18.8 Å². The Bertz CT molecular complexity index is 180. The molecular weight excluding hydrogens is 198 g/mol. The van der Waals surface area contributed by atoms with Crippen LogP contribution in [0, 0.1) is 11.3 Å². The van der Waals surface area contributed by atoms with Gasteiger partial charge >= 0.3 is 0 Å². The van der Waals surface area contributed by atoms with E-state index in [0.29, 0.717) is 24.8 Å². The third-order valence-corrected chi connectivity index (χ3v) is 3.08. The van der Waals surface area contributed by atoms with E-state index in [9.17, 15) is 4.79 Å². The van der Waals surface area contributed by atoms with Crippen molar-refractivity contribution in [3.8, 4) is 0 Å². The SMILES string of the molecule is CCC(C)CC(=O)NCC(C)(C)CCl. The molecule has 0 fully saturated rings. The summed E-state index contributed by atoms with van der Waals surface area (Å²) >= 11 is 5.76. The summed E-state index contributed by atoms with van der Waals surface area (Å²) < 4.78 is 0. The molecule has 0 heterocycles. The first kappa shape index (κ1) is 13.8. The van der Waals surface area contributed by atoms with Crippen LogP contribution in [0.25, 0.3) is 0 Å². The van der Waals surface area contributed by atoms with Crippen LogP contribution in [0.15, 0.2) is 0 Å². The average Bonchev–Trinajstić information content (AvgIpc) is 2.15. The lowest BCUT2D eigenvalue weighted by Crippen LogP contribution is -2.35. The van der Waals surface area contributed by atoms with Gasteiger partial charge in [-0.15, -0.1) is 11.6 Å². The fraction of sp³-hybridized carbons (Fsp3) is 0.909. The van der Waals surface area contributed by atoms with Gasteiger partial charge in [-0.05, 0) is 11.3 Å².